The second-order valence-corrected chi connectivity index (χ2v) is 11.8. The molecule has 3 aliphatic rings. The van der Waals surface area contributed by atoms with Gasteiger partial charge in [-0.1, -0.05) is 37.8 Å². The first-order valence-corrected chi connectivity index (χ1v) is 14.5. The van der Waals surface area contributed by atoms with Gasteiger partial charge in [-0.15, -0.1) is 0 Å². The highest BCUT2D eigenvalue weighted by Gasteiger charge is 2.50. The van der Waals surface area contributed by atoms with Crippen LogP contribution >= 0.6 is 0 Å². The maximum Gasteiger partial charge on any atom is 0.243 e. The van der Waals surface area contributed by atoms with E-state index in [0.717, 1.165) is 31.2 Å². The molecule has 1 aromatic rings. The molecular weight excluding hydrogens is 514 g/mol. The maximum absolute atomic E-state index is 13.7. The Labute approximate surface area is 235 Å². The predicted octanol–water partition coefficient (Wildman–Crippen LogP) is 1.81. The lowest BCUT2D eigenvalue weighted by atomic mass is 9.90. The van der Waals surface area contributed by atoms with Crippen molar-refractivity contribution < 1.29 is 33.8 Å². The number of hydrogen-bond donors (Lipinski definition) is 4. The highest BCUT2D eigenvalue weighted by atomic mass is 16.6. The van der Waals surface area contributed by atoms with Crippen molar-refractivity contribution in [3.8, 4) is 5.75 Å². The molecule has 1 saturated heterocycles. The van der Waals surface area contributed by atoms with Crippen LogP contribution in [0.15, 0.2) is 24.3 Å². The zero-order valence-electron chi connectivity index (χ0n) is 23.7. The fourth-order valence-corrected chi connectivity index (χ4v) is 5.80. The molecule has 3 fully saturated rings. The van der Waals surface area contributed by atoms with E-state index in [9.17, 15) is 24.3 Å². The Bertz CT molecular complexity index is 1070. The van der Waals surface area contributed by atoms with Gasteiger partial charge in [0.2, 0.25) is 17.7 Å². The highest BCUT2D eigenvalue weighted by molar-refractivity contribution is 5.98. The monoisotopic (exact) mass is 557 g/mol. The molecule has 3 amide bonds. The number of nitrogens with one attached hydrogen (secondary N) is 3. The van der Waals surface area contributed by atoms with Crippen LogP contribution in [0.4, 0.5) is 0 Å². The Morgan fingerprint density at radius 3 is 2.23 bits per heavy atom. The summed E-state index contributed by atoms with van der Waals surface area (Å²) in [6.45, 7) is 3.65. The van der Waals surface area contributed by atoms with Gasteiger partial charge in [-0.3, -0.25) is 19.2 Å². The van der Waals surface area contributed by atoms with Crippen molar-refractivity contribution in [3.05, 3.63) is 29.8 Å². The summed E-state index contributed by atoms with van der Waals surface area (Å²) in [4.78, 5) is 52.8. The van der Waals surface area contributed by atoms with Gasteiger partial charge in [-0.2, -0.15) is 0 Å². The minimum Gasteiger partial charge on any atom is -0.497 e. The summed E-state index contributed by atoms with van der Waals surface area (Å²) in [5.74, 6) is -0.689. The SMILES string of the molecule is COc1ccc(C[C@H](NC(=O)[C@@H](C)NC(=O)[C@@H]2CC[C@@H](O)C2)C(=O)N[C@@H](CC2CCCC2)C(=O)[C@]2(C)CO2)cc1. The number of ketones is 1. The lowest BCUT2D eigenvalue weighted by Gasteiger charge is -2.27. The fourth-order valence-electron chi connectivity index (χ4n) is 5.80. The first kappa shape index (κ1) is 30.0. The number of hydrogen-bond acceptors (Lipinski definition) is 7. The van der Waals surface area contributed by atoms with Gasteiger partial charge in [-0.25, -0.2) is 0 Å². The van der Waals surface area contributed by atoms with E-state index in [2.05, 4.69) is 16.0 Å². The van der Waals surface area contributed by atoms with Crippen LogP contribution in [0.1, 0.15) is 70.8 Å². The van der Waals surface area contributed by atoms with E-state index in [4.69, 9.17) is 9.47 Å². The molecule has 0 unspecified atom stereocenters. The normalized spacial score (nSPS) is 26.4. The number of ether oxygens (including phenoxy) is 2. The van der Waals surface area contributed by atoms with Crippen molar-refractivity contribution in [2.45, 2.75) is 101 Å². The molecule has 0 radical (unpaired) electrons. The summed E-state index contributed by atoms with van der Waals surface area (Å²) in [6, 6.07) is 4.64. The van der Waals surface area contributed by atoms with Crippen molar-refractivity contribution in [1.29, 1.82) is 0 Å². The average molecular weight is 558 g/mol. The minimum atomic E-state index is -0.972. The molecule has 10 nitrogen and oxygen atoms in total. The Balaban J connectivity index is 1.46. The Kier molecular flexibility index (Phi) is 9.84. The number of amides is 3. The number of rotatable bonds is 13. The van der Waals surface area contributed by atoms with Crippen molar-refractivity contribution in [1.82, 2.24) is 16.0 Å². The first-order chi connectivity index (χ1) is 19.1. The van der Waals surface area contributed by atoms with Crippen LogP contribution in [0.25, 0.3) is 0 Å². The van der Waals surface area contributed by atoms with E-state index in [-0.39, 0.29) is 24.0 Å². The summed E-state index contributed by atoms with van der Waals surface area (Å²) < 4.78 is 10.6. The van der Waals surface area contributed by atoms with Crippen molar-refractivity contribution in [2.24, 2.45) is 11.8 Å². The van der Waals surface area contributed by atoms with Gasteiger partial charge >= 0.3 is 0 Å². The third kappa shape index (κ3) is 7.81. The van der Waals surface area contributed by atoms with Crippen molar-refractivity contribution in [3.63, 3.8) is 0 Å². The minimum absolute atomic E-state index is 0.137. The van der Waals surface area contributed by atoms with Crippen LogP contribution in [0.3, 0.4) is 0 Å². The Hall–Kier alpha value is -2.98. The largest absolute Gasteiger partial charge is 0.497 e. The van der Waals surface area contributed by atoms with Gasteiger partial charge in [0.05, 0.1) is 25.9 Å². The lowest BCUT2D eigenvalue weighted by molar-refractivity contribution is -0.134. The first-order valence-electron chi connectivity index (χ1n) is 14.5. The standard InChI is InChI=1S/C30H43N3O7/c1-18(31-28(37)21-10-11-22(34)16-21)27(36)33-25(15-20-8-12-23(39-3)13-9-20)29(38)32-24(14-19-6-4-5-7-19)26(35)30(2)17-40-30/h8-9,12-13,18-19,21-22,24-25,34H,4-7,10-11,14-17H2,1-3H3,(H,31,37)(H,32,38)(H,33,36)/t18-,21-,22-,24+,25+,30+/m1/s1. The second-order valence-electron chi connectivity index (χ2n) is 11.8. The van der Waals surface area contributed by atoms with Gasteiger partial charge in [0.1, 0.15) is 23.4 Å². The third-order valence-corrected chi connectivity index (χ3v) is 8.53. The Morgan fingerprint density at radius 1 is 1.00 bits per heavy atom. The van der Waals surface area contributed by atoms with Crippen LogP contribution < -0.4 is 20.7 Å². The fraction of sp³-hybridized carbons (Fsp3) is 0.667. The number of Topliss-reactive ketones (excluding diaryl/α,β-unsaturated/α-hetero) is 1. The second kappa shape index (κ2) is 13.1. The predicted molar refractivity (Wildman–Crippen MR) is 147 cm³/mol. The van der Waals surface area contributed by atoms with Crippen LogP contribution in [0, 0.1) is 11.8 Å². The summed E-state index contributed by atoms with van der Waals surface area (Å²) in [5.41, 5.74) is -0.0771. The van der Waals surface area contributed by atoms with E-state index >= 15 is 0 Å². The number of epoxide rings is 1. The Morgan fingerprint density at radius 2 is 1.65 bits per heavy atom. The number of carbonyl (C=O) groups excluding carboxylic acids is 4. The van der Waals surface area contributed by atoms with E-state index < -0.39 is 41.6 Å². The van der Waals surface area contributed by atoms with Crippen molar-refractivity contribution in [2.75, 3.05) is 13.7 Å². The number of benzene rings is 1. The van der Waals surface area contributed by atoms with Crippen LogP contribution in [0.2, 0.25) is 0 Å². The van der Waals surface area contributed by atoms with Crippen LogP contribution in [0.5, 0.6) is 5.75 Å². The van der Waals surface area contributed by atoms with Crippen LogP contribution in [-0.4, -0.2) is 72.2 Å². The molecule has 220 valence electrons. The summed E-state index contributed by atoms with van der Waals surface area (Å²) in [5, 5.41) is 18.2. The molecule has 10 heteroatoms. The summed E-state index contributed by atoms with van der Waals surface area (Å²) in [6.07, 6.45) is 6.04. The molecule has 4 N–H and O–H groups in total. The molecular formula is C30H43N3O7. The molecule has 1 heterocycles. The zero-order chi connectivity index (χ0) is 28.9. The van der Waals surface area contributed by atoms with Gasteiger partial charge in [0.25, 0.3) is 0 Å². The van der Waals surface area contributed by atoms with Gasteiger partial charge in [0, 0.05) is 12.3 Å². The molecule has 0 aromatic heterocycles. The summed E-state index contributed by atoms with van der Waals surface area (Å²) >= 11 is 0. The molecule has 2 aliphatic carbocycles. The smallest absolute Gasteiger partial charge is 0.243 e. The van der Waals surface area contributed by atoms with E-state index in [1.807, 2.05) is 12.1 Å². The zero-order valence-corrected chi connectivity index (χ0v) is 23.7. The molecule has 6 atom stereocenters. The van der Waals surface area contributed by atoms with Gasteiger partial charge in [0.15, 0.2) is 5.78 Å². The number of aliphatic hydroxyl groups excluding tert-OH is 1. The summed E-state index contributed by atoms with van der Waals surface area (Å²) in [7, 11) is 1.57. The molecule has 1 aliphatic heterocycles. The molecule has 0 spiro atoms. The van der Waals surface area contributed by atoms with Crippen LogP contribution in [-0.2, 0) is 30.3 Å². The van der Waals surface area contributed by atoms with Gasteiger partial charge < -0.3 is 30.5 Å². The van der Waals surface area contributed by atoms with Gasteiger partial charge in [-0.05, 0) is 63.1 Å². The average Bonchev–Trinajstić information content (AvgIpc) is 3.28. The highest BCUT2D eigenvalue weighted by Crippen LogP contribution is 2.33. The van der Waals surface area contributed by atoms with E-state index in [1.165, 1.54) is 0 Å². The molecule has 4 rings (SSSR count). The number of carbonyl (C=O) groups is 4. The molecule has 0 bridgehead atoms. The number of aliphatic hydroxyl groups is 1. The molecule has 40 heavy (non-hydrogen) atoms. The quantitative estimate of drug-likeness (QED) is 0.271. The van der Waals surface area contributed by atoms with Crippen molar-refractivity contribution >= 4 is 23.5 Å². The molecule has 2 saturated carbocycles. The third-order valence-electron chi connectivity index (χ3n) is 8.53. The van der Waals surface area contributed by atoms with E-state index in [1.54, 1.807) is 33.1 Å². The lowest BCUT2D eigenvalue weighted by Crippen LogP contribution is -2.57. The number of methoxy groups -OCH3 is 1. The maximum atomic E-state index is 13.7. The van der Waals surface area contributed by atoms with E-state index in [0.29, 0.717) is 44.0 Å². The molecule has 1 aromatic carbocycles. The topological polar surface area (TPSA) is 146 Å².